The first-order valence-corrected chi connectivity index (χ1v) is 7.91. The van der Waals surface area contributed by atoms with E-state index in [1.165, 1.54) is 6.07 Å². The number of hydrogen-bond acceptors (Lipinski definition) is 5. The van der Waals surface area contributed by atoms with E-state index in [2.05, 4.69) is 15.5 Å². The van der Waals surface area contributed by atoms with Gasteiger partial charge in [0.15, 0.2) is 5.82 Å². The van der Waals surface area contributed by atoms with E-state index < -0.39 is 11.6 Å². The van der Waals surface area contributed by atoms with Gasteiger partial charge in [-0.2, -0.15) is 4.98 Å². The minimum Gasteiger partial charge on any atom is -0.491 e. The van der Waals surface area contributed by atoms with Crippen LogP contribution in [0.3, 0.4) is 0 Å². The van der Waals surface area contributed by atoms with Gasteiger partial charge in [0.05, 0.1) is 24.4 Å². The minimum atomic E-state index is -0.749. The Labute approximate surface area is 143 Å². The van der Waals surface area contributed by atoms with Crippen LogP contribution in [-0.4, -0.2) is 16.7 Å². The van der Waals surface area contributed by atoms with Gasteiger partial charge in [-0.05, 0) is 30.7 Å². The van der Waals surface area contributed by atoms with Crippen LogP contribution in [0.5, 0.6) is 5.75 Å². The molecule has 1 heterocycles. The Morgan fingerprint density at radius 2 is 2.00 bits per heavy atom. The van der Waals surface area contributed by atoms with Gasteiger partial charge in [-0.15, -0.1) is 0 Å². The number of nitrogens with zero attached hydrogens (tertiary/aromatic N) is 2. The first-order valence-electron chi connectivity index (χ1n) is 7.91. The minimum absolute atomic E-state index is 0.00446. The molecule has 0 unspecified atom stereocenters. The molecular formula is C18H17F2N3O2. The summed E-state index contributed by atoms with van der Waals surface area (Å²) in [6.07, 6.45) is 0.909. The average molecular weight is 345 g/mol. The quantitative estimate of drug-likeness (QED) is 0.687. The number of aromatic nitrogens is 2. The van der Waals surface area contributed by atoms with E-state index >= 15 is 0 Å². The van der Waals surface area contributed by atoms with Crippen LogP contribution in [0.4, 0.5) is 14.5 Å². The fourth-order valence-corrected chi connectivity index (χ4v) is 2.22. The lowest BCUT2D eigenvalue weighted by Gasteiger charge is -2.11. The van der Waals surface area contributed by atoms with Crippen molar-refractivity contribution in [3.63, 3.8) is 0 Å². The Kier molecular flexibility index (Phi) is 5.23. The largest absolute Gasteiger partial charge is 0.491 e. The molecule has 0 amide bonds. The highest BCUT2D eigenvalue weighted by atomic mass is 19.1. The molecule has 25 heavy (non-hydrogen) atoms. The van der Waals surface area contributed by atoms with Crippen molar-refractivity contribution in [2.75, 3.05) is 11.9 Å². The van der Waals surface area contributed by atoms with Gasteiger partial charge in [0, 0.05) is 6.07 Å². The summed E-state index contributed by atoms with van der Waals surface area (Å²) in [5.41, 5.74) is 0.863. The Hall–Kier alpha value is -2.96. The summed E-state index contributed by atoms with van der Waals surface area (Å²) in [6.45, 7) is 2.93. The maximum absolute atomic E-state index is 13.8. The number of rotatable bonds is 7. The second kappa shape index (κ2) is 7.74. The van der Waals surface area contributed by atoms with Crippen LogP contribution in [0.1, 0.15) is 19.2 Å². The molecule has 0 aliphatic carbocycles. The summed E-state index contributed by atoms with van der Waals surface area (Å²) >= 11 is 0. The van der Waals surface area contributed by atoms with Gasteiger partial charge in [0.2, 0.25) is 0 Å². The highest BCUT2D eigenvalue weighted by Crippen LogP contribution is 2.25. The predicted octanol–water partition coefficient (Wildman–Crippen LogP) is 4.42. The number of halogens is 2. The van der Waals surface area contributed by atoms with Gasteiger partial charge in [0.25, 0.3) is 5.89 Å². The van der Waals surface area contributed by atoms with Crippen molar-refractivity contribution >= 4 is 5.69 Å². The zero-order chi connectivity index (χ0) is 17.6. The highest BCUT2D eigenvalue weighted by Gasteiger charge is 2.14. The molecular weight excluding hydrogens is 328 g/mol. The number of nitrogens with one attached hydrogen (secondary N) is 1. The molecule has 3 aromatic rings. The van der Waals surface area contributed by atoms with Crippen LogP contribution < -0.4 is 10.1 Å². The lowest BCUT2D eigenvalue weighted by Crippen LogP contribution is -2.04. The predicted molar refractivity (Wildman–Crippen MR) is 89.2 cm³/mol. The standard InChI is InChI=1S/C18H17F2N3O2/c1-2-9-24-16-6-4-3-5-15(16)21-11-17-22-18(25-23-17)13-8-7-12(19)10-14(13)20/h3-8,10,21H,2,9,11H2,1H3. The number of anilines is 1. The fraction of sp³-hybridized carbons (Fsp3) is 0.222. The molecule has 7 heteroatoms. The van der Waals surface area contributed by atoms with E-state index in [-0.39, 0.29) is 18.0 Å². The molecule has 0 saturated carbocycles. The molecule has 0 bridgehead atoms. The van der Waals surface area contributed by atoms with Crippen molar-refractivity contribution in [3.05, 3.63) is 59.9 Å². The number of ether oxygens (including phenoxy) is 1. The smallest absolute Gasteiger partial charge is 0.260 e. The average Bonchev–Trinajstić information content (AvgIpc) is 3.07. The van der Waals surface area contributed by atoms with Crippen LogP contribution >= 0.6 is 0 Å². The van der Waals surface area contributed by atoms with Crippen molar-refractivity contribution in [2.45, 2.75) is 19.9 Å². The number of hydrogen-bond donors (Lipinski definition) is 1. The third-order valence-electron chi connectivity index (χ3n) is 3.42. The van der Waals surface area contributed by atoms with Gasteiger partial charge in [-0.3, -0.25) is 0 Å². The second-order valence-corrected chi connectivity index (χ2v) is 5.34. The normalized spacial score (nSPS) is 10.7. The van der Waals surface area contributed by atoms with Crippen LogP contribution in [0.15, 0.2) is 47.0 Å². The zero-order valence-electron chi connectivity index (χ0n) is 13.6. The van der Waals surface area contributed by atoms with Gasteiger partial charge >= 0.3 is 0 Å². The molecule has 2 aromatic carbocycles. The molecule has 3 rings (SSSR count). The molecule has 0 saturated heterocycles. The van der Waals surface area contributed by atoms with E-state index in [9.17, 15) is 8.78 Å². The lowest BCUT2D eigenvalue weighted by atomic mass is 10.2. The molecule has 0 radical (unpaired) electrons. The van der Waals surface area contributed by atoms with E-state index in [1.807, 2.05) is 31.2 Å². The monoisotopic (exact) mass is 345 g/mol. The molecule has 0 fully saturated rings. The number of benzene rings is 2. The van der Waals surface area contributed by atoms with Crippen molar-refractivity contribution < 1.29 is 18.0 Å². The van der Waals surface area contributed by atoms with Crippen LogP contribution in [0, 0.1) is 11.6 Å². The van der Waals surface area contributed by atoms with Gasteiger partial charge in [0.1, 0.15) is 17.4 Å². The summed E-state index contributed by atoms with van der Waals surface area (Å²) in [6, 6.07) is 10.7. The molecule has 5 nitrogen and oxygen atoms in total. The van der Waals surface area contributed by atoms with E-state index in [1.54, 1.807) is 0 Å². The molecule has 1 aromatic heterocycles. The molecule has 0 spiro atoms. The van der Waals surface area contributed by atoms with E-state index in [4.69, 9.17) is 9.26 Å². The summed E-state index contributed by atoms with van der Waals surface area (Å²) in [7, 11) is 0. The zero-order valence-corrected chi connectivity index (χ0v) is 13.6. The van der Waals surface area contributed by atoms with E-state index in [0.29, 0.717) is 12.4 Å². The summed E-state index contributed by atoms with van der Waals surface area (Å²) in [5, 5.41) is 6.98. The summed E-state index contributed by atoms with van der Waals surface area (Å²) in [4.78, 5) is 4.13. The maximum atomic E-state index is 13.8. The Bertz CT molecular complexity index is 852. The molecule has 0 atom stereocenters. The SMILES string of the molecule is CCCOc1ccccc1NCc1noc(-c2ccc(F)cc2F)n1. The van der Waals surface area contributed by atoms with Crippen molar-refractivity contribution in [3.8, 4) is 17.2 Å². The molecule has 0 aliphatic heterocycles. The Balaban J connectivity index is 1.70. The van der Waals surface area contributed by atoms with Gasteiger partial charge in [-0.1, -0.05) is 24.2 Å². The first kappa shape index (κ1) is 16.9. The van der Waals surface area contributed by atoms with Crippen LogP contribution in [-0.2, 0) is 6.54 Å². The van der Waals surface area contributed by atoms with Gasteiger partial charge < -0.3 is 14.6 Å². The topological polar surface area (TPSA) is 60.2 Å². The van der Waals surface area contributed by atoms with E-state index in [0.717, 1.165) is 30.0 Å². The lowest BCUT2D eigenvalue weighted by molar-refractivity contribution is 0.319. The first-order chi connectivity index (χ1) is 12.2. The third kappa shape index (κ3) is 4.12. The molecule has 1 N–H and O–H groups in total. The molecule has 0 aliphatic rings. The van der Waals surface area contributed by atoms with Crippen LogP contribution in [0.25, 0.3) is 11.5 Å². The Morgan fingerprint density at radius 3 is 2.80 bits per heavy atom. The maximum Gasteiger partial charge on any atom is 0.260 e. The Morgan fingerprint density at radius 1 is 1.16 bits per heavy atom. The second-order valence-electron chi connectivity index (χ2n) is 5.34. The van der Waals surface area contributed by atoms with Crippen molar-refractivity contribution in [2.24, 2.45) is 0 Å². The number of para-hydroxylation sites is 2. The highest BCUT2D eigenvalue weighted by molar-refractivity contribution is 5.56. The van der Waals surface area contributed by atoms with Crippen molar-refractivity contribution in [1.29, 1.82) is 0 Å². The van der Waals surface area contributed by atoms with Crippen molar-refractivity contribution in [1.82, 2.24) is 10.1 Å². The fourth-order valence-electron chi connectivity index (χ4n) is 2.22. The molecule has 130 valence electrons. The summed E-state index contributed by atoms with van der Waals surface area (Å²) < 4.78 is 37.5. The van der Waals surface area contributed by atoms with Gasteiger partial charge in [-0.25, -0.2) is 8.78 Å². The summed E-state index contributed by atoms with van der Waals surface area (Å²) in [5.74, 6) is -0.320. The third-order valence-corrected chi connectivity index (χ3v) is 3.42. The van der Waals surface area contributed by atoms with Crippen LogP contribution in [0.2, 0.25) is 0 Å².